The lowest BCUT2D eigenvalue weighted by atomic mass is 10.7. The predicted octanol–water partition coefficient (Wildman–Crippen LogP) is 0.0166. The molecule has 1 atom stereocenters. The summed E-state index contributed by atoms with van der Waals surface area (Å²) in [5.74, 6) is 0.974. The average molecular weight is 121 g/mol. The van der Waals surface area contributed by atoms with Gasteiger partial charge in [-0.25, -0.2) is 0 Å². The van der Waals surface area contributed by atoms with Gasteiger partial charge in [-0.3, -0.25) is 0 Å². The highest BCUT2D eigenvalue weighted by molar-refractivity contribution is 7.99. The van der Waals surface area contributed by atoms with E-state index in [1.54, 1.807) is 11.8 Å². The minimum absolute atomic E-state index is 0.0787. The molecular formula is C4H11NOS. The van der Waals surface area contributed by atoms with Crippen molar-refractivity contribution in [3.63, 3.8) is 0 Å². The molecule has 0 rings (SSSR count). The van der Waals surface area contributed by atoms with Crippen molar-refractivity contribution in [3.8, 4) is 0 Å². The van der Waals surface area contributed by atoms with Crippen LogP contribution < -0.4 is 5.73 Å². The Hall–Kier alpha value is 0.270. The Morgan fingerprint density at radius 1 is 1.86 bits per heavy atom. The fourth-order valence-corrected chi connectivity index (χ4v) is 0.800. The van der Waals surface area contributed by atoms with Gasteiger partial charge in [-0.2, -0.15) is 0 Å². The van der Waals surface area contributed by atoms with Crippen LogP contribution in [0.1, 0.15) is 6.92 Å². The Morgan fingerprint density at radius 3 is 2.57 bits per heavy atom. The van der Waals surface area contributed by atoms with E-state index in [0.717, 1.165) is 5.75 Å². The molecule has 0 amide bonds. The molecule has 0 aromatic heterocycles. The number of nitrogens with two attached hydrogens (primary N) is 1. The monoisotopic (exact) mass is 121 g/mol. The van der Waals surface area contributed by atoms with Crippen LogP contribution in [0.15, 0.2) is 0 Å². The third-order valence-electron chi connectivity index (χ3n) is 0.561. The third-order valence-corrected chi connectivity index (χ3v) is 1.47. The number of aliphatic hydroxyl groups excluding tert-OH is 1. The van der Waals surface area contributed by atoms with Crippen LogP contribution in [0.4, 0.5) is 0 Å². The van der Waals surface area contributed by atoms with Crippen molar-refractivity contribution in [2.24, 2.45) is 5.73 Å². The van der Waals surface area contributed by atoms with Gasteiger partial charge >= 0.3 is 0 Å². The lowest BCUT2D eigenvalue weighted by Crippen LogP contribution is -2.19. The highest BCUT2D eigenvalue weighted by Gasteiger charge is 1.94. The van der Waals surface area contributed by atoms with E-state index in [4.69, 9.17) is 10.8 Å². The first kappa shape index (κ1) is 7.27. The fraction of sp³-hybridized carbons (Fsp3) is 1.00. The summed E-state index contributed by atoms with van der Waals surface area (Å²) in [6, 6.07) is 0. The molecule has 3 heteroatoms. The van der Waals surface area contributed by atoms with Crippen LogP contribution in [0.3, 0.4) is 0 Å². The molecule has 0 radical (unpaired) electrons. The molecule has 0 saturated carbocycles. The second kappa shape index (κ2) is 4.43. The molecule has 3 N–H and O–H groups in total. The Morgan fingerprint density at radius 2 is 2.43 bits per heavy atom. The van der Waals surface area contributed by atoms with E-state index < -0.39 is 0 Å². The lowest BCUT2D eigenvalue weighted by molar-refractivity contribution is 0.296. The van der Waals surface area contributed by atoms with Crippen molar-refractivity contribution in [3.05, 3.63) is 0 Å². The molecule has 0 aromatic carbocycles. The lowest BCUT2D eigenvalue weighted by Gasteiger charge is -2.02. The van der Waals surface area contributed by atoms with Crippen molar-refractivity contribution in [2.45, 2.75) is 12.3 Å². The van der Waals surface area contributed by atoms with Gasteiger partial charge in [0.1, 0.15) is 0 Å². The molecule has 0 aromatic rings. The van der Waals surface area contributed by atoms with Crippen LogP contribution in [0.25, 0.3) is 0 Å². The summed E-state index contributed by atoms with van der Waals surface area (Å²) in [6.07, 6.45) is 0. The molecule has 7 heavy (non-hydrogen) atoms. The van der Waals surface area contributed by atoms with Gasteiger partial charge in [0.05, 0.1) is 12.0 Å². The van der Waals surface area contributed by atoms with Crippen molar-refractivity contribution in [1.82, 2.24) is 0 Å². The Labute approximate surface area is 48.1 Å². The number of rotatable bonds is 3. The first-order chi connectivity index (χ1) is 3.31. The molecule has 1 unspecified atom stereocenters. The zero-order valence-electron chi connectivity index (χ0n) is 4.42. The van der Waals surface area contributed by atoms with Crippen LogP contribution in [-0.4, -0.2) is 22.8 Å². The molecule has 2 nitrogen and oxygen atoms in total. The van der Waals surface area contributed by atoms with Gasteiger partial charge in [-0.05, 0) is 5.75 Å². The van der Waals surface area contributed by atoms with Gasteiger partial charge in [0.2, 0.25) is 0 Å². The average Bonchev–Trinajstić information content (AvgIpc) is 1.68. The van der Waals surface area contributed by atoms with Gasteiger partial charge in [0.15, 0.2) is 0 Å². The number of hydrogen-bond acceptors (Lipinski definition) is 3. The molecule has 44 valence electrons. The molecule has 0 fully saturated rings. The predicted molar refractivity (Wildman–Crippen MR) is 33.2 cm³/mol. The maximum absolute atomic E-state index is 8.32. The van der Waals surface area contributed by atoms with Crippen LogP contribution in [-0.2, 0) is 0 Å². The maximum atomic E-state index is 8.32. The fourth-order valence-electron chi connectivity index (χ4n) is 0.267. The van der Waals surface area contributed by atoms with Gasteiger partial charge in [0, 0.05) is 0 Å². The van der Waals surface area contributed by atoms with E-state index in [2.05, 4.69) is 0 Å². The van der Waals surface area contributed by atoms with E-state index in [-0.39, 0.29) is 12.0 Å². The standard InChI is InChI=1S/C4H11NOS/c1-2-7-4(5)3-6/h4,6H,2-3,5H2,1H3. The summed E-state index contributed by atoms with van der Waals surface area (Å²) >= 11 is 1.56. The first-order valence-electron chi connectivity index (χ1n) is 2.29. The second-order valence-electron chi connectivity index (χ2n) is 1.18. The van der Waals surface area contributed by atoms with Crippen molar-refractivity contribution < 1.29 is 5.11 Å². The van der Waals surface area contributed by atoms with E-state index in [0.29, 0.717) is 0 Å². The minimum atomic E-state index is -0.0787. The molecule has 0 bridgehead atoms. The van der Waals surface area contributed by atoms with Crippen molar-refractivity contribution in [1.29, 1.82) is 0 Å². The normalized spacial score (nSPS) is 14.1. The summed E-state index contributed by atoms with van der Waals surface area (Å²) in [7, 11) is 0. The quantitative estimate of drug-likeness (QED) is 0.517. The largest absolute Gasteiger partial charge is 0.394 e. The topological polar surface area (TPSA) is 46.2 Å². The van der Waals surface area contributed by atoms with E-state index in [1.165, 1.54) is 0 Å². The molecule has 0 aliphatic rings. The number of thioether (sulfide) groups is 1. The van der Waals surface area contributed by atoms with Gasteiger partial charge < -0.3 is 10.8 Å². The number of aliphatic hydroxyl groups is 1. The first-order valence-corrected chi connectivity index (χ1v) is 3.34. The van der Waals surface area contributed by atoms with Crippen LogP contribution in [0.5, 0.6) is 0 Å². The van der Waals surface area contributed by atoms with Crippen LogP contribution in [0, 0.1) is 0 Å². The molecular weight excluding hydrogens is 110 g/mol. The molecule has 0 heterocycles. The SMILES string of the molecule is CCSC(N)CO. The second-order valence-corrected chi connectivity index (χ2v) is 2.69. The van der Waals surface area contributed by atoms with Crippen molar-refractivity contribution >= 4 is 11.8 Å². The zero-order valence-corrected chi connectivity index (χ0v) is 5.24. The van der Waals surface area contributed by atoms with Gasteiger partial charge in [-0.1, -0.05) is 6.92 Å². The smallest absolute Gasteiger partial charge is 0.0741 e. The van der Waals surface area contributed by atoms with Crippen LogP contribution >= 0.6 is 11.8 Å². The van der Waals surface area contributed by atoms with E-state index >= 15 is 0 Å². The molecule has 0 saturated heterocycles. The van der Waals surface area contributed by atoms with Gasteiger partial charge in [0.25, 0.3) is 0 Å². The van der Waals surface area contributed by atoms with Crippen LogP contribution in [0.2, 0.25) is 0 Å². The molecule has 0 spiro atoms. The highest BCUT2D eigenvalue weighted by atomic mass is 32.2. The zero-order chi connectivity index (χ0) is 5.70. The maximum Gasteiger partial charge on any atom is 0.0741 e. The summed E-state index contributed by atoms with van der Waals surface area (Å²) in [6.45, 7) is 2.10. The highest BCUT2D eigenvalue weighted by Crippen LogP contribution is 2.01. The summed E-state index contributed by atoms with van der Waals surface area (Å²) < 4.78 is 0. The van der Waals surface area contributed by atoms with Gasteiger partial charge in [-0.15, -0.1) is 11.8 Å². The number of hydrogen-bond donors (Lipinski definition) is 2. The van der Waals surface area contributed by atoms with E-state index in [1.807, 2.05) is 6.92 Å². The third kappa shape index (κ3) is 4.12. The Kier molecular flexibility index (Phi) is 4.60. The Bertz CT molecular complexity index is 42.7. The Balaban J connectivity index is 2.83. The van der Waals surface area contributed by atoms with E-state index in [9.17, 15) is 0 Å². The summed E-state index contributed by atoms with van der Waals surface area (Å²) in [5.41, 5.74) is 5.30. The molecule has 0 aliphatic carbocycles. The molecule has 0 aliphatic heterocycles. The minimum Gasteiger partial charge on any atom is -0.394 e. The summed E-state index contributed by atoms with van der Waals surface area (Å²) in [4.78, 5) is 0. The summed E-state index contributed by atoms with van der Waals surface area (Å²) in [5, 5.41) is 8.24. The van der Waals surface area contributed by atoms with Crippen molar-refractivity contribution in [2.75, 3.05) is 12.4 Å².